The molecule has 0 saturated heterocycles. The van der Waals surface area contributed by atoms with Gasteiger partial charge in [0.15, 0.2) is 6.54 Å². The van der Waals surface area contributed by atoms with Crippen molar-refractivity contribution in [3.8, 4) is 0 Å². The highest BCUT2D eigenvalue weighted by molar-refractivity contribution is 7.99. The highest BCUT2D eigenvalue weighted by Gasteiger charge is 2.15. The molecule has 0 radical (unpaired) electrons. The summed E-state index contributed by atoms with van der Waals surface area (Å²) in [5.41, 5.74) is 5.21. The molecule has 1 amide bonds. The van der Waals surface area contributed by atoms with Crippen molar-refractivity contribution in [3.63, 3.8) is 0 Å². The van der Waals surface area contributed by atoms with Crippen LogP contribution in [0.3, 0.4) is 0 Å². The lowest BCUT2D eigenvalue weighted by Gasteiger charge is -2.21. The van der Waals surface area contributed by atoms with Gasteiger partial charge in [-0.05, 0) is 26.0 Å². The van der Waals surface area contributed by atoms with Crippen molar-refractivity contribution >= 4 is 17.7 Å². The molecule has 1 aromatic carbocycles. The number of carbonyl (C=O) groups excluding carboxylic acids is 1. The summed E-state index contributed by atoms with van der Waals surface area (Å²) in [4.78, 5) is 12.7. The monoisotopic (exact) mass is 271 g/mol. The number of benzene rings is 1. The Labute approximate surface area is 112 Å². The molecular weight excluding hydrogens is 251 g/mol. The Bertz CT molecular complexity index is 398. The fraction of sp³-hybridized carbons (Fsp3) is 0.462. The van der Waals surface area contributed by atoms with E-state index in [2.05, 4.69) is 0 Å². The van der Waals surface area contributed by atoms with Gasteiger partial charge in [0.25, 0.3) is 5.91 Å². The van der Waals surface area contributed by atoms with E-state index in [1.54, 1.807) is 12.1 Å². The molecule has 100 valence electrons. The van der Waals surface area contributed by atoms with E-state index >= 15 is 0 Å². The molecule has 0 spiro atoms. The van der Waals surface area contributed by atoms with Crippen LogP contribution >= 0.6 is 11.8 Å². The smallest absolute Gasteiger partial charge is 0.272 e. The standard InChI is InChI=1S/C13H19FN2OS/c1-10(2)16(9-13(15)17)7-8-18-12-6-4-3-5-11(12)14/h3-6,10H,7-9H2,1-2H3,(H2,15,17)/p+1. The summed E-state index contributed by atoms with van der Waals surface area (Å²) in [6.07, 6.45) is 0. The topological polar surface area (TPSA) is 47.5 Å². The van der Waals surface area contributed by atoms with E-state index in [0.29, 0.717) is 17.5 Å². The molecule has 0 aliphatic rings. The Morgan fingerprint density at radius 2 is 2.11 bits per heavy atom. The highest BCUT2D eigenvalue weighted by Crippen LogP contribution is 2.19. The molecule has 1 atom stereocenters. The number of primary amides is 1. The van der Waals surface area contributed by atoms with Crippen LogP contribution in [0.15, 0.2) is 29.2 Å². The van der Waals surface area contributed by atoms with Crippen molar-refractivity contribution in [2.45, 2.75) is 24.8 Å². The Morgan fingerprint density at radius 3 is 2.67 bits per heavy atom. The second kappa shape index (κ2) is 7.38. The van der Waals surface area contributed by atoms with Gasteiger partial charge in [-0.1, -0.05) is 12.1 Å². The quantitative estimate of drug-likeness (QED) is 0.717. The summed E-state index contributed by atoms with van der Waals surface area (Å²) < 4.78 is 13.4. The summed E-state index contributed by atoms with van der Waals surface area (Å²) in [6.45, 7) is 5.22. The van der Waals surface area contributed by atoms with Gasteiger partial charge in [-0.25, -0.2) is 4.39 Å². The lowest BCUT2D eigenvalue weighted by Crippen LogP contribution is -3.16. The van der Waals surface area contributed by atoms with Crippen LogP contribution in [-0.4, -0.2) is 30.8 Å². The molecule has 0 heterocycles. The van der Waals surface area contributed by atoms with Crippen molar-refractivity contribution in [3.05, 3.63) is 30.1 Å². The van der Waals surface area contributed by atoms with Gasteiger partial charge < -0.3 is 10.6 Å². The summed E-state index contributed by atoms with van der Waals surface area (Å²) in [6, 6.07) is 7.06. The van der Waals surface area contributed by atoms with E-state index in [4.69, 9.17) is 5.73 Å². The van der Waals surface area contributed by atoms with Crippen molar-refractivity contribution in [1.82, 2.24) is 0 Å². The Morgan fingerprint density at radius 1 is 1.44 bits per heavy atom. The minimum Gasteiger partial charge on any atom is -0.365 e. The van der Waals surface area contributed by atoms with Gasteiger partial charge in [-0.15, -0.1) is 11.8 Å². The number of amides is 1. The number of carbonyl (C=O) groups is 1. The first-order valence-corrected chi connectivity index (χ1v) is 6.99. The second-order valence-electron chi connectivity index (χ2n) is 4.48. The van der Waals surface area contributed by atoms with Crippen LogP contribution in [0.25, 0.3) is 0 Å². The minimum absolute atomic E-state index is 0.191. The van der Waals surface area contributed by atoms with Crippen molar-refractivity contribution < 1.29 is 14.1 Å². The molecule has 0 fully saturated rings. The maximum atomic E-state index is 13.4. The summed E-state index contributed by atoms with van der Waals surface area (Å²) in [7, 11) is 0. The normalized spacial score (nSPS) is 12.7. The zero-order chi connectivity index (χ0) is 13.5. The third-order valence-electron chi connectivity index (χ3n) is 2.74. The first kappa shape index (κ1) is 15.0. The summed E-state index contributed by atoms with van der Waals surface area (Å²) >= 11 is 1.47. The molecule has 1 unspecified atom stereocenters. The number of nitrogens with one attached hydrogen (secondary N) is 1. The van der Waals surface area contributed by atoms with Crippen LogP contribution in [-0.2, 0) is 4.79 Å². The van der Waals surface area contributed by atoms with Gasteiger partial charge in [-0.3, -0.25) is 4.79 Å². The van der Waals surface area contributed by atoms with Gasteiger partial charge in [-0.2, -0.15) is 0 Å². The molecule has 3 N–H and O–H groups in total. The van der Waals surface area contributed by atoms with Crippen LogP contribution in [0.1, 0.15) is 13.8 Å². The second-order valence-corrected chi connectivity index (χ2v) is 5.62. The molecule has 1 rings (SSSR count). The Kier molecular flexibility index (Phi) is 6.15. The van der Waals surface area contributed by atoms with Gasteiger partial charge in [0.1, 0.15) is 5.82 Å². The lowest BCUT2D eigenvalue weighted by atomic mass is 10.3. The zero-order valence-electron chi connectivity index (χ0n) is 10.8. The first-order chi connectivity index (χ1) is 8.50. The number of hydrogen-bond acceptors (Lipinski definition) is 2. The van der Waals surface area contributed by atoms with Crippen molar-refractivity contribution in [2.75, 3.05) is 18.8 Å². The van der Waals surface area contributed by atoms with Crippen LogP contribution in [0.2, 0.25) is 0 Å². The van der Waals surface area contributed by atoms with Crippen LogP contribution in [0, 0.1) is 5.82 Å². The SMILES string of the molecule is CC(C)[NH+](CCSc1ccccc1F)CC(N)=O. The predicted molar refractivity (Wildman–Crippen MR) is 72.2 cm³/mol. The fourth-order valence-corrected chi connectivity index (χ4v) is 2.62. The van der Waals surface area contributed by atoms with E-state index < -0.39 is 0 Å². The molecule has 0 saturated carbocycles. The predicted octanol–water partition coefficient (Wildman–Crippen LogP) is 0.696. The molecule has 5 heteroatoms. The van der Waals surface area contributed by atoms with E-state index in [0.717, 1.165) is 17.2 Å². The maximum absolute atomic E-state index is 13.4. The molecular formula is C13H20FN2OS+. The Balaban J connectivity index is 2.44. The van der Waals surface area contributed by atoms with E-state index in [1.165, 1.54) is 17.8 Å². The molecule has 0 bridgehead atoms. The number of nitrogens with two attached hydrogens (primary N) is 1. The lowest BCUT2D eigenvalue weighted by molar-refractivity contribution is -0.911. The minimum atomic E-state index is -0.297. The van der Waals surface area contributed by atoms with Crippen LogP contribution in [0.4, 0.5) is 4.39 Å². The van der Waals surface area contributed by atoms with Crippen LogP contribution < -0.4 is 10.6 Å². The molecule has 0 aliphatic heterocycles. The highest BCUT2D eigenvalue weighted by atomic mass is 32.2. The number of rotatable bonds is 7. The molecule has 0 aromatic heterocycles. The number of hydrogen-bond donors (Lipinski definition) is 2. The molecule has 1 aromatic rings. The van der Waals surface area contributed by atoms with Crippen LogP contribution in [0.5, 0.6) is 0 Å². The van der Waals surface area contributed by atoms with Crippen molar-refractivity contribution in [2.24, 2.45) is 5.73 Å². The van der Waals surface area contributed by atoms with Gasteiger partial charge in [0, 0.05) is 10.6 Å². The number of quaternary nitrogens is 1. The molecule has 18 heavy (non-hydrogen) atoms. The summed E-state index contributed by atoms with van der Waals surface area (Å²) in [5.74, 6) is 0.278. The Hall–Kier alpha value is -1.07. The third kappa shape index (κ3) is 5.06. The molecule has 3 nitrogen and oxygen atoms in total. The van der Waals surface area contributed by atoms with E-state index in [1.807, 2.05) is 19.9 Å². The van der Waals surface area contributed by atoms with Crippen molar-refractivity contribution in [1.29, 1.82) is 0 Å². The summed E-state index contributed by atoms with van der Waals surface area (Å²) in [5, 5.41) is 0. The van der Waals surface area contributed by atoms with E-state index in [9.17, 15) is 9.18 Å². The number of halogens is 1. The number of thioether (sulfide) groups is 1. The van der Waals surface area contributed by atoms with Gasteiger partial charge in [0.2, 0.25) is 0 Å². The van der Waals surface area contributed by atoms with Gasteiger partial charge >= 0.3 is 0 Å². The third-order valence-corrected chi connectivity index (χ3v) is 3.79. The van der Waals surface area contributed by atoms with Gasteiger partial charge in [0.05, 0.1) is 12.6 Å². The largest absolute Gasteiger partial charge is 0.365 e. The first-order valence-electron chi connectivity index (χ1n) is 6.01. The average Bonchev–Trinajstić information content (AvgIpc) is 2.29. The van der Waals surface area contributed by atoms with E-state index in [-0.39, 0.29) is 11.7 Å². The maximum Gasteiger partial charge on any atom is 0.272 e. The molecule has 0 aliphatic carbocycles. The zero-order valence-corrected chi connectivity index (χ0v) is 11.6. The average molecular weight is 271 g/mol. The fourth-order valence-electron chi connectivity index (χ4n) is 1.66.